The van der Waals surface area contributed by atoms with Crippen molar-refractivity contribution in [3.63, 3.8) is 0 Å². The number of hydrogen-bond acceptors (Lipinski definition) is 2. The Kier molecular flexibility index (Phi) is 9.53. The van der Waals surface area contributed by atoms with Crippen LogP contribution in [0.5, 0.6) is 5.75 Å². The molecule has 120 valence electrons. The van der Waals surface area contributed by atoms with Gasteiger partial charge in [-0.05, 0) is 45.0 Å². The van der Waals surface area contributed by atoms with E-state index in [1.807, 2.05) is 32.0 Å². The molecule has 1 aromatic carbocycles. The van der Waals surface area contributed by atoms with Crippen LogP contribution in [0.4, 0.5) is 0 Å². The van der Waals surface area contributed by atoms with Gasteiger partial charge < -0.3 is 10.1 Å². The third-order valence-electron chi connectivity index (χ3n) is 3.41. The molecule has 0 heterocycles. The summed E-state index contributed by atoms with van der Waals surface area (Å²) in [5.74, 6) is 0.935. The summed E-state index contributed by atoms with van der Waals surface area (Å²) in [6.07, 6.45) is 8.15. The van der Waals surface area contributed by atoms with Crippen LogP contribution in [0.3, 0.4) is 0 Å². The van der Waals surface area contributed by atoms with Crippen molar-refractivity contribution in [2.24, 2.45) is 0 Å². The van der Waals surface area contributed by atoms with E-state index in [-0.39, 0.29) is 6.10 Å². The Labute approximate surface area is 135 Å². The smallest absolute Gasteiger partial charge is 0.124 e. The molecule has 21 heavy (non-hydrogen) atoms. The van der Waals surface area contributed by atoms with Crippen LogP contribution in [0, 0.1) is 0 Å². The minimum absolute atomic E-state index is 0.184. The number of hydrogen-bond donors (Lipinski definition) is 1. The average Bonchev–Trinajstić information content (AvgIpc) is 2.44. The van der Waals surface area contributed by atoms with Gasteiger partial charge in [0.1, 0.15) is 5.75 Å². The molecular weight excluding hydrogens is 282 g/mol. The van der Waals surface area contributed by atoms with E-state index in [0.29, 0.717) is 0 Å². The highest BCUT2D eigenvalue weighted by Crippen LogP contribution is 2.23. The number of halogens is 1. The van der Waals surface area contributed by atoms with Crippen molar-refractivity contribution in [3.05, 3.63) is 28.8 Å². The third kappa shape index (κ3) is 8.33. The quantitative estimate of drug-likeness (QED) is 0.539. The minimum atomic E-state index is 0.184. The second-order valence-corrected chi connectivity index (χ2v) is 6.30. The molecule has 0 atom stereocenters. The molecule has 0 aliphatic heterocycles. The highest BCUT2D eigenvalue weighted by Gasteiger charge is 2.06. The zero-order valence-electron chi connectivity index (χ0n) is 13.8. The molecule has 0 aliphatic carbocycles. The maximum atomic E-state index is 6.08. The van der Waals surface area contributed by atoms with E-state index in [2.05, 4.69) is 12.2 Å². The molecule has 1 aromatic rings. The van der Waals surface area contributed by atoms with Gasteiger partial charge in [0.2, 0.25) is 0 Å². The fourth-order valence-electron chi connectivity index (χ4n) is 2.31. The van der Waals surface area contributed by atoms with Crippen LogP contribution in [0.15, 0.2) is 18.2 Å². The lowest BCUT2D eigenvalue weighted by Gasteiger charge is -2.15. The molecule has 0 spiro atoms. The molecule has 0 fully saturated rings. The molecule has 1 N–H and O–H groups in total. The van der Waals surface area contributed by atoms with E-state index in [1.165, 1.54) is 38.5 Å². The Balaban J connectivity index is 2.29. The molecule has 1 rings (SSSR count). The fourth-order valence-corrected chi connectivity index (χ4v) is 2.50. The monoisotopic (exact) mass is 311 g/mol. The average molecular weight is 312 g/mol. The van der Waals surface area contributed by atoms with E-state index in [1.54, 1.807) is 0 Å². The number of nitrogens with one attached hydrogen (secondary N) is 1. The number of benzene rings is 1. The van der Waals surface area contributed by atoms with Crippen LogP contribution in [0.25, 0.3) is 0 Å². The van der Waals surface area contributed by atoms with Gasteiger partial charge in [0.15, 0.2) is 0 Å². The summed E-state index contributed by atoms with van der Waals surface area (Å²) in [6, 6.07) is 5.84. The van der Waals surface area contributed by atoms with Gasteiger partial charge in [-0.3, -0.25) is 0 Å². The van der Waals surface area contributed by atoms with Crippen molar-refractivity contribution in [2.75, 3.05) is 6.54 Å². The summed E-state index contributed by atoms with van der Waals surface area (Å²) in [7, 11) is 0. The summed E-state index contributed by atoms with van der Waals surface area (Å²) in [5, 5.41) is 4.26. The predicted octanol–water partition coefficient (Wildman–Crippen LogP) is 5.58. The number of rotatable bonds is 11. The van der Waals surface area contributed by atoms with Gasteiger partial charge >= 0.3 is 0 Å². The maximum absolute atomic E-state index is 6.08. The van der Waals surface area contributed by atoms with Gasteiger partial charge in [0, 0.05) is 17.1 Å². The first-order valence-corrected chi connectivity index (χ1v) is 8.67. The van der Waals surface area contributed by atoms with Gasteiger partial charge in [0.25, 0.3) is 0 Å². The third-order valence-corrected chi connectivity index (χ3v) is 3.64. The molecule has 0 saturated heterocycles. The van der Waals surface area contributed by atoms with Crippen molar-refractivity contribution in [1.29, 1.82) is 0 Å². The summed E-state index contributed by atoms with van der Waals surface area (Å²) in [6.45, 7) is 8.21. The van der Waals surface area contributed by atoms with Gasteiger partial charge in [-0.2, -0.15) is 0 Å². The summed E-state index contributed by atoms with van der Waals surface area (Å²) < 4.78 is 5.82. The standard InChI is InChI=1S/C18H30ClNO/c1-4-5-6-7-8-9-12-20-14-16-13-17(19)10-11-18(16)21-15(2)3/h10-11,13,15,20H,4-9,12,14H2,1-3H3. The lowest BCUT2D eigenvalue weighted by molar-refractivity contribution is 0.239. The summed E-state index contributed by atoms with van der Waals surface area (Å²) in [4.78, 5) is 0. The molecule has 0 saturated carbocycles. The van der Waals surface area contributed by atoms with E-state index in [9.17, 15) is 0 Å². The normalized spacial score (nSPS) is 11.1. The second-order valence-electron chi connectivity index (χ2n) is 5.86. The van der Waals surface area contributed by atoms with E-state index < -0.39 is 0 Å². The van der Waals surface area contributed by atoms with Crippen LogP contribution in [-0.2, 0) is 6.54 Å². The van der Waals surface area contributed by atoms with Crippen molar-refractivity contribution in [2.45, 2.75) is 71.9 Å². The molecule has 0 amide bonds. The zero-order valence-corrected chi connectivity index (χ0v) is 14.5. The highest BCUT2D eigenvalue weighted by molar-refractivity contribution is 6.30. The summed E-state index contributed by atoms with van der Waals surface area (Å²) in [5.41, 5.74) is 1.14. The Morgan fingerprint density at radius 3 is 2.52 bits per heavy atom. The van der Waals surface area contributed by atoms with Crippen LogP contribution in [0.2, 0.25) is 5.02 Å². The van der Waals surface area contributed by atoms with Gasteiger partial charge in [-0.1, -0.05) is 50.6 Å². The topological polar surface area (TPSA) is 21.3 Å². The van der Waals surface area contributed by atoms with Crippen molar-refractivity contribution >= 4 is 11.6 Å². The Hall–Kier alpha value is -0.730. The lowest BCUT2D eigenvalue weighted by atomic mass is 10.1. The zero-order chi connectivity index (χ0) is 15.5. The van der Waals surface area contributed by atoms with E-state index >= 15 is 0 Å². The minimum Gasteiger partial charge on any atom is -0.491 e. The molecule has 2 nitrogen and oxygen atoms in total. The van der Waals surface area contributed by atoms with E-state index in [0.717, 1.165) is 29.4 Å². The Morgan fingerprint density at radius 2 is 1.81 bits per heavy atom. The Bertz CT molecular complexity index is 393. The van der Waals surface area contributed by atoms with Crippen LogP contribution in [-0.4, -0.2) is 12.6 Å². The first-order chi connectivity index (χ1) is 10.1. The van der Waals surface area contributed by atoms with Gasteiger partial charge in [0.05, 0.1) is 6.10 Å². The molecule has 0 aromatic heterocycles. The molecule has 3 heteroatoms. The molecule has 0 aliphatic rings. The Morgan fingerprint density at radius 1 is 1.10 bits per heavy atom. The van der Waals surface area contributed by atoms with Gasteiger partial charge in [-0.25, -0.2) is 0 Å². The fraction of sp³-hybridized carbons (Fsp3) is 0.667. The molecule has 0 bridgehead atoms. The largest absolute Gasteiger partial charge is 0.491 e. The molecular formula is C18H30ClNO. The number of ether oxygens (including phenoxy) is 1. The summed E-state index contributed by atoms with van der Waals surface area (Å²) >= 11 is 6.08. The maximum Gasteiger partial charge on any atom is 0.124 e. The van der Waals surface area contributed by atoms with Crippen molar-refractivity contribution in [3.8, 4) is 5.75 Å². The molecule has 0 unspecified atom stereocenters. The van der Waals surface area contributed by atoms with Crippen molar-refractivity contribution < 1.29 is 4.74 Å². The highest BCUT2D eigenvalue weighted by atomic mass is 35.5. The van der Waals surface area contributed by atoms with Gasteiger partial charge in [-0.15, -0.1) is 0 Å². The van der Waals surface area contributed by atoms with Crippen LogP contribution in [0.1, 0.15) is 64.9 Å². The first kappa shape index (κ1) is 18.3. The lowest BCUT2D eigenvalue weighted by Crippen LogP contribution is -2.16. The van der Waals surface area contributed by atoms with E-state index in [4.69, 9.17) is 16.3 Å². The first-order valence-electron chi connectivity index (χ1n) is 8.29. The SMILES string of the molecule is CCCCCCCCNCc1cc(Cl)ccc1OC(C)C. The second kappa shape index (κ2) is 10.9. The number of unbranched alkanes of at least 4 members (excludes halogenated alkanes) is 5. The van der Waals surface area contributed by atoms with Crippen molar-refractivity contribution in [1.82, 2.24) is 5.32 Å². The molecule has 0 radical (unpaired) electrons. The van der Waals surface area contributed by atoms with Crippen LogP contribution < -0.4 is 10.1 Å². The predicted molar refractivity (Wildman–Crippen MR) is 92.3 cm³/mol. The van der Waals surface area contributed by atoms with Crippen LogP contribution >= 0.6 is 11.6 Å².